The first-order chi connectivity index (χ1) is 23.4. The fraction of sp³-hybridized carbons (Fsp3) is 0.375. The maximum Gasteiger partial charge on any atom is 0.166 e. The van der Waals surface area contributed by atoms with Crippen molar-refractivity contribution in [1.29, 1.82) is 0 Å². The van der Waals surface area contributed by atoms with Crippen LogP contribution in [0.3, 0.4) is 0 Å². The van der Waals surface area contributed by atoms with Crippen LogP contribution in [0.15, 0.2) is 85.0 Å². The maximum absolute atomic E-state index is 11.1. The van der Waals surface area contributed by atoms with E-state index < -0.39 is 6.10 Å². The van der Waals surface area contributed by atoms with Crippen molar-refractivity contribution in [2.75, 3.05) is 27.8 Å². The van der Waals surface area contributed by atoms with Crippen molar-refractivity contribution in [1.82, 2.24) is 15.2 Å². The molecular weight excluding hydrogens is 618 g/mol. The predicted octanol–water partition coefficient (Wildman–Crippen LogP) is 7.03. The molecule has 0 amide bonds. The first-order valence-electron chi connectivity index (χ1n) is 16.3. The summed E-state index contributed by atoms with van der Waals surface area (Å²) in [6.07, 6.45) is 4.74. The first-order valence-corrected chi connectivity index (χ1v) is 16.3. The fourth-order valence-corrected chi connectivity index (χ4v) is 4.74. The third kappa shape index (κ3) is 13.9. The van der Waals surface area contributed by atoms with Crippen molar-refractivity contribution in [3.8, 4) is 17.2 Å². The Labute approximate surface area is 292 Å². The van der Waals surface area contributed by atoms with Gasteiger partial charge in [-0.2, -0.15) is 0 Å². The summed E-state index contributed by atoms with van der Waals surface area (Å²) in [5.41, 5.74) is 6.30. The van der Waals surface area contributed by atoms with E-state index in [1.807, 2.05) is 62.8 Å². The fourth-order valence-electron chi connectivity index (χ4n) is 4.74. The molecule has 1 heterocycles. The number of aryl methyl sites for hydroxylation is 1. The van der Waals surface area contributed by atoms with E-state index in [1.165, 1.54) is 11.6 Å². The zero-order valence-corrected chi connectivity index (χ0v) is 30.7. The Morgan fingerprint density at radius 1 is 1.02 bits per heavy atom. The number of benzene rings is 3. The van der Waals surface area contributed by atoms with Gasteiger partial charge >= 0.3 is 0 Å². The summed E-state index contributed by atoms with van der Waals surface area (Å²) in [6, 6.07) is 18.7. The van der Waals surface area contributed by atoms with Gasteiger partial charge < -0.3 is 40.0 Å². The lowest BCUT2D eigenvalue weighted by atomic mass is 10.0. The van der Waals surface area contributed by atoms with E-state index >= 15 is 0 Å². The summed E-state index contributed by atoms with van der Waals surface area (Å²) in [4.78, 5) is 11.1. The lowest BCUT2D eigenvalue weighted by Gasteiger charge is -2.18. The minimum atomic E-state index is -0.736. The van der Waals surface area contributed by atoms with Crippen molar-refractivity contribution >= 4 is 17.2 Å². The van der Waals surface area contributed by atoms with Crippen LogP contribution in [-0.4, -0.2) is 60.0 Å². The van der Waals surface area contributed by atoms with Gasteiger partial charge in [-0.15, -0.1) is 6.58 Å². The highest BCUT2D eigenvalue weighted by molar-refractivity contribution is 5.89. The van der Waals surface area contributed by atoms with Crippen molar-refractivity contribution < 1.29 is 29.6 Å². The Kier molecular flexibility index (Phi) is 20.0. The van der Waals surface area contributed by atoms with Gasteiger partial charge in [0.15, 0.2) is 6.29 Å². The molecule has 0 saturated heterocycles. The average molecular weight is 676 g/mol. The number of rotatable bonds is 12. The summed E-state index contributed by atoms with van der Waals surface area (Å²) in [6.45, 7) is 14.3. The van der Waals surface area contributed by atoms with Crippen LogP contribution in [0.5, 0.6) is 17.2 Å². The minimum absolute atomic E-state index is 0.0221. The molecule has 4 rings (SSSR count). The average Bonchev–Trinajstić information content (AvgIpc) is 3.42. The van der Waals surface area contributed by atoms with E-state index in [0.717, 1.165) is 52.8 Å². The lowest BCUT2D eigenvalue weighted by molar-refractivity contribution is 0.111. The molecule has 0 radical (unpaired) electrons. The van der Waals surface area contributed by atoms with Crippen LogP contribution in [0.4, 0.5) is 0 Å². The van der Waals surface area contributed by atoms with Crippen LogP contribution in [0.1, 0.15) is 73.5 Å². The van der Waals surface area contributed by atoms with E-state index in [1.54, 1.807) is 32.4 Å². The second-order valence-corrected chi connectivity index (χ2v) is 11.7. The molecule has 49 heavy (non-hydrogen) atoms. The highest BCUT2D eigenvalue weighted by Gasteiger charge is 2.13. The molecule has 0 aliphatic rings. The summed E-state index contributed by atoms with van der Waals surface area (Å²) in [7, 11) is 7.09. The van der Waals surface area contributed by atoms with Gasteiger partial charge in [0.1, 0.15) is 17.2 Å². The number of fused-ring (bicyclic) bond motifs is 1. The molecule has 9 nitrogen and oxygen atoms in total. The van der Waals surface area contributed by atoms with Crippen molar-refractivity contribution in [3.63, 3.8) is 0 Å². The Morgan fingerprint density at radius 3 is 2.14 bits per heavy atom. The zero-order valence-electron chi connectivity index (χ0n) is 30.7. The highest BCUT2D eigenvalue weighted by Crippen LogP contribution is 2.28. The van der Waals surface area contributed by atoms with Crippen LogP contribution in [0.2, 0.25) is 0 Å². The molecule has 9 heteroatoms. The molecule has 0 aliphatic carbocycles. The van der Waals surface area contributed by atoms with Crippen LogP contribution >= 0.6 is 0 Å². The number of hydrogen-bond acceptors (Lipinski definition) is 8. The monoisotopic (exact) mass is 675 g/mol. The number of ether oxygens (including phenoxy) is 2. The van der Waals surface area contributed by atoms with Crippen molar-refractivity contribution in [2.24, 2.45) is 7.05 Å². The summed E-state index contributed by atoms with van der Waals surface area (Å²) < 4.78 is 12.3. The van der Waals surface area contributed by atoms with Crippen molar-refractivity contribution in [2.45, 2.75) is 66.3 Å². The summed E-state index contributed by atoms with van der Waals surface area (Å²) in [5.74, 6) is 1.73. The predicted molar refractivity (Wildman–Crippen MR) is 202 cm³/mol. The molecule has 0 fully saturated rings. The van der Waals surface area contributed by atoms with Gasteiger partial charge in [-0.1, -0.05) is 35.9 Å². The van der Waals surface area contributed by atoms with E-state index in [2.05, 4.69) is 56.2 Å². The number of phenols is 1. The molecule has 0 aliphatic heterocycles. The third-order valence-corrected chi connectivity index (χ3v) is 7.59. The Morgan fingerprint density at radius 2 is 1.63 bits per heavy atom. The van der Waals surface area contributed by atoms with Gasteiger partial charge in [-0.25, -0.2) is 0 Å². The van der Waals surface area contributed by atoms with Gasteiger partial charge in [0.05, 0.1) is 32.6 Å². The number of allylic oxidation sites excluding steroid dienone is 3. The van der Waals surface area contributed by atoms with Crippen LogP contribution in [-0.2, 0) is 26.6 Å². The van der Waals surface area contributed by atoms with Crippen LogP contribution < -0.4 is 20.1 Å². The quantitative estimate of drug-likeness (QED) is 0.0801. The van der Waals surface area contributed by atoms with E-state index in [0.29, 0.717) is 23.4 Å². The normalized spacial score (nSPS) is 11.3. The van der Waals surface area contributed by atoms with Crippen molar-refractivity contribution in [3.05, 3.63) is 113 Å². The van der Waals surface area contributed by atoms with E-state index in [9.17, 15) is 20.1 Å². The SMILES string of the molecule is C=CC.CC(Cc1ccc2c(c1)cc(C=O)n2C)NCC(O)c1ccc(O)c(CO)c1.CC=C(C)C.CNCc1c(OC)cccc1OC. The maximum atomic E-state index is 11.1. The molecule has 268 valence electrons. The van der Waals surface area contributed by atoms with Crippen LogP contribution in [0, 0.1) is 0 Å². The second kappa shape index (κ2) is 23.0. The number of methoxy groups -OCH3 is 2. The highest BCUT2D eigenvalue weighted by atomic mass is 16.5. The molecule has 3 aromatic carbocycles. The topological polar surface area (TPSA) is 125 Å². The number of aldehydes is 1. The second-order valence-electron chi connectivity index (χ2n) is 11.7. The molecule has 0 bridgehead atoms. The zero-order chi connectivity index (χ0) is 36.9. The third-order valence-electron chi connectivity index (χ3n) is 7.59. The van der Waals surface area contributed by atoms with Gasteiger partial charge in [0.2, 0.25) is 0 Å². The molecule has 4 aromatic rings. The van der Waals surface area contributed by atoms with E-state index in [4.69, 9.17) is 9.47 Å². The summed E-state index contributed by atoms with van der Waals surface area (Å²) >= 11 is 0. The van der Waals surface area contributed by atoms with Gasteiger partial charge in [0.25, 0.3) is 0 Å². The first kappa shape index (κ1) is 42.6. The number of aromatic hydroxyl groups is 1. The number of aliphatic hydroxyl groups excluding tert-OH is 2. The number of carbonyl (C=O) groups is 1. The summed E-state index contributed by atoms with van der Waals surface area (Å²) in [5, 5.41) is 36.7. The number of aromatic nitrogens is 1. The smallest absolute Gasteiger partial charge is 0.166 e. The molecule has 2 atom stereocenters. The molecule has 0 saturated carbocycles. The van der Waals surface area contributed by atoms with E-state index in [-0.39, 0.29) is 18.4 Å². The Balaban J connectivity index is 0.000000471. The number of carbonyl (C=O) groups excluding carboxylic acids is 1. The number of hydrogen-bond donors (Lipinski definition) is 5. The van der Waals surface area contributed by atoms with Gasteiger partial charge in [0, 0.05) is 48.2 Å². The number of nitrogens with zero attached hydrogens (tertiary/aromatic N) is 1. The number of nitrogens with one attached hydrogen (secondary N) is 2. The minimum Gasteiger partial charge on any atom is -0.508 e. The van der Waals surface area contributed by atoms with Gasteiger partial charge in [-0.3, -0.25) is 4.79 Å². The molecule has 1 aromatic heterocycles. The molecular formula is C40H57N3O6. The standard InChI is InChI=1S/C22H26N2O4.C10H15NO2.C5H10.C3H6/c1-14(23-11-22(28)16-4-6-21(27)18(9-16)12-25)7-15-3-5-20-17(8-15)10-19(13-26)24(20)2;1-11-7-8-9(12-2)5-4-6-10(8)13-3;1-4-5(2)3;1-3-2/h3-6,8-10,13-14,22-23,25,27-28H,7,11-12H2,1-2H3;4-6,11H,7H2,1-3H3;4H,1-3H3;3H,1H2,2H3. The lowest BCUT2D eigenvalue weighted by Crippen LogP contribution is -2.32. The van der Waals surface area contributed by atoms with Crippen LogP contribution in [0.25, 0.3) is 10.9 Å². The largest absolute Gasteiger partial charge is 0.508 e. The Hall–Kier alpha value is -4.41. The van der Waals surface area contributed by atoms with Gasteiger partial charge in [-0.05, 0) is 102 Å². The molecule has 2 unspecified atom stereocenters. The molecule has 5 N–H and O–H groups in total. The molecule has 0 spiro atoms. The number of aliphatic hydroxyl groups is 2. The Bertz CT molecular complexity index is 1590.